The van der Waals surface area contributed by atoms with Crippen LogP contribution in [-0.2, 0) is 9.47 Å². The van der Waals surface area contributed by atoms with Crippen molar-refractivity contribution in [2.45, 2.75) is 37.9 Å². The number of halogens is 2. The molecule has 1 aromatic heterocycles. The van der Waals surface area contributed by atoms with Crippen LogP contribution in [0.1, 0.15) is 47.7 Å². The Hall–Kier alpha value is -1.60. The van der Waals surface area contributed by atoms with Gasteiger partial charge in [-0.1, -0.05) is 23.2 Å². The number of rotatable bonds is 4. The number of amides is 1. The van der Waals surface area contributed by atoms with Gasteiger partial charge in [0.05, 0.1) is 41.4 Å². The highest BCUT2D eigenvalue weighted by atomic mass is 35.5. The Bertz CT molecular complexity index is 922. The number of likely N-dealkylation sites (tertiary alicyclic amines) is 1. The minimum absolute atomic E-state index is 0.0333. The predicted molar refractivity (Wildman–Crippen MR) is 110 cm³/mol. The highest BCUT2D eigenvalue weighted by molar-refractivity contribution is 6.35. The van der Waals surface area contributed by atoms with E-state index in [9.17, 15) is 4.79 Å². The molecular weight excluding hydrogens is 413 g/mol. The second-order valence-corrected chi connectivity index (χ2v) is 8.83. The molecule has 0 radical (unpaired) electrons. The van der Waals surface area contributed by atoms with E-state index in [1.807, 2.05) is 15.6 Å². The maximum Gasteiger partial charge on any atom is 0.257 e. The van der Waals surface area contributed by atoms with Gasteiger partial charge in [0.2, 0.25) is 0 Å². The number of hydrogen-bond acceptors (Lipinski definition) is 4. The average Bonchev–Trinajstić information content (AvgIpc) is 3.24. The van der Waals surface area contributed by atoms with Crippen LogP contribution in [0.2, 0.25) is 10.0 Å². The van der Waals surface area contributed by atoms with Crippen molar-refractivity contribution in [1.29, 1.82) is 0 Å². The predicted octanol–water partition coefficient (Wildman–Crippen LogP) is 4.28. The number of carbonyl (C=O) groups excluding carboxylic acids is 1. The van der Waals surface area contributed by atoms with Crippen LogP contribution in [-0.4, -0.2) is 53.2 Å². The molecule has 1 unspecified atom stereocenters. The lowest BCUT2D eigenvalue weighted by atomic mass is 9.96. The summed E-state index contributed by atoms with van der Waals surface area (Å²) in [6.07, 6.45) is 5.59. The molecule has 1 atom stereocenters. The van der Waals surface area contributed by atoms with Crippen molar-refractivity contribution in [3.63, 3.8) is 0 Å². The van der Waals surface area contributed by atoms with Crippen LogP contribution in [0.5, 0.6) is 0 Å². The van der Waals surface area contributed by atoms with Crippen molar-refractivity contribution in [2.75, 3.05) is 26.3 Å². The molecule has 5 rings (SSSR count). The fourth-order valence-corrected chi connectivity index (χ4v) is 4.84. The highest BCUT2D eigenvalue weighted by Gasteiger charge is 2.37. The summed E-state index contributed by atoms with van der Waals surface area (Å²) in [5.41, 5.74) is 2.38. The standard InChI is InChI=1S/C21H23Cl2N3O3/c22-15-5-6-18(17(23)10-15)26-19(13-3-4-13)16(11-24-26)20(27)25-7-1-2-14(12-25)21-28-8-9-29-21/h5-6,10-11,13-14,21H,1-4,7-9,12H2. The summed E-state index contributed by atoms with van der Waals surface area (Å²) < 4.78 is 13.2. The number of benzene rings is 1. The molecule has 154 valence electrons. The van der Waals surface area contributed by atoms with E-state index in [0.29, 0.717) is 41.3 Å². The quantitative estimate of drug-likeness (QED) is 0.718. The summed E-state index contributed by atoms with van der Waals surface area (Å²) in [5.74, 6) is 0.594. The Kier molecular flexibility index (Phi) is 5.28. The Morgan fingerprint density at radius 3 is 2.66 bits per heavy atom. The molecule has 0 N–H and O–H groups in total. The summed E-state index contributed by atoms with van der Waals surface area (Å²) in [5, 5.41) is 5.64. The van der Waals surface area contributed by atoms with Crippen molar-refractivity contribution in [2.24, 2.45) is 5.92 Å². The average molecular weight is 436 g/mol. The van der Waals surface area contributed by atoms with Crippen LogP contribution in [0.4, 0.5) is 0 Å². The molecule has 3 fully saturated rings. The van der Waals surface area contributed by atoms with Gasteiger partial charge in [0, 0.05) is 29.9 Å². The van der Waals surface area contributed by atoms with Crippen molar-refractivity contribution in [1.82, 2.24) is 14.7 Å². The zero-order chi connectivity index (χ0) is 20.0. The third kappa shape index (κ3) is 3.79. The molecule has 6 nitrogen and oxygen atoms in total. The summed E-state index contributed by atoms with van der Waals surface area (Å²) >= 11 is 12.5. The third-order valence-electron chi connectivity index (χ3n) is 5.92. The van der Waals surface area contributed by atoms with Crippen molar-refractivity contribution in [3.05, 3.63) is 45.7 Å². The van der Waals surface area contributed by atoms with E-state index in [0.717, 1.165) is 43.6 Å². The monoisotopic (exact) mass is 435 g/mol. The van der Waals surface area contributed by atoms with Crippen molar-refractivity contribution in [3.8, 4) is 5.69 Å². The Balaban J connectivity index is 1.43. The molecule has 8 heteroatoms. The SMILES string of the molecule is O=C(c1cnn(-c2ccc(Cl)cc2Cl)c1C1CC1)N1CCCC(C2OCCO2)C1. The van der Waals surface area contributed by atoms with E-state index < -0.39 is 0 Å². The second-order valence-electron chi connectivity index (χ2n) is 7.99. The van der Waals surface area contributed by atoms with Gasteiger partial charge in [0.15, 0.2) is 6.29 Å². The Morgan fingerprint density at radius 1 is 1.14 bits per heavy atom. The summed E-state index contributed by atoms with van der Waals surface area (Å²) in [4.78, 5) is 15.4. The normalized spacial score (nSPS) is 23.0. The van der Waals surface area contributed by atoms with Gasteiger partial charge >= 0.3 is 0 Å². The number of nitrogens with zero attached hydrogens (tertiary/aromatic N) is 3. The van der Waals surface area contributed by atoms with E-state index in [-0.39, 0.29) is 18.1 Å². The molecule has 1 aromatic carbocycles. The van der Waals surface area contributed by atoms with Gasteiger partial charge in [-0.25, -0.2) is 4.68 Å². The van der Waals surface area contributed by atoms with Gasteiger partial charge in [-0.15, -0.1) is 0 Å². The fraction of sp³-hybridized carbons (Fsp3) is 0.524. The molecule has 2 saturated heterocycles. The van der Waals surface area contributed by atoms with Crippen LogP contribution in [0.25, 0.3) is 5.69 Å². The van der Waals surface area contributed by atoms with Crippen molar-refractivity contribution >= 4 is 29.1 Å². The second kappa shape index (κ2) is 7.91. The van der Waals surface area contributed by atoms with Crippen LogP contribution in [0, 0.1) is 5.92 Å². The molecule has 3 heterocycles. The molecule has 0 spiro atoms. The van der Waals surface area contributed by atoms with Gasteiger partial charge in [-0.2, -0.15) is 5.10 Å². The topological polar surface area (TPSA) is 56.6 Å². The summed E-state index contributed by atoms with van der Waals surface area (Å²) in [7, 11) is 0. The minimum Gasteiger partial charge on any atom is -0.350 e. The van der Waals surface area contributed by atoms with Gasteiger partial charge in [0.25, 0.3) is 5.91 Å². The van der Waals surface area contributed by atoms with E-state index in [1.165, 1.54) is 0 Å². The molecule has 1 saturated carbocycles. The first kappa shape index (κ1) is 19.4. The molecular formula is C21H23Cl2N3O3. The van der Waals surface area contributed by atoms with Crippen LogP contribution >= 0.6 is 23.2 Å². The summed E-state index contributed by atoms with van der Waals surface area (Å²) in [6, 6.07) is 5.35. The smallest absolute Gasteiger partial charge is 0.257 e. The van der Waals surface area contributed by atoms with E-state index >= 15 is 0 Å². The number of aromatic nitrogens is 2. The Morgan fingerprint density at radius 2 is 1.93 bits per heavy atom. The van der Waals surface area contributed by atoms with Gasteiger partial charge in [-0.05, 0) is 43.9 Å². The van der Waals surface area contributed by atoms with Crippen molar-refractivity contribution < 1.29 is 14.3 Å². The first-order valence-corrected chi connectivity index (χ1v) is 10.9. The molecule has 3 aliphatic rings. The van der Waals surface area contributed by atoms with Crippen LogP contribution < -0.4 is 0 Å². The summed E-state index contributed by atoms with van der Waals surface area (Å²) in [6.45, 7) is 2.67. The molecule has 1 aliphatic carbocycles. The minimum atomic E-state index is -0.191. The lowest BCUT2D eigenvalue weighted by Gasteiger charge is -2.34. The number of hydrogen-bond donors (Lipinski definition) is 0. The lowest BCUT2D eigenvalue weighted by Crippen LogP contribution is -2.44. The maximum absolute atomic E-state index is 13.4. The zero-order valence-corrected chi connectivity index (χ0v) is 17.5. The van der Waals surface area contributed by atoms with Crippen LogP contribution in [0.3, 0.4) is 0 Å². The first-order valence-electron chi connectivity index (χ1n) is 10.2. The van der Waals surface area contributed by atoms with Crippen LogP contribution in [0.15, 0.2) is 24.4 Å². The van der Waals surface area contributed by atoms with Gasteiger partial charge in [0.1, 0.15) is 0 Å². The molecule has 1 amide bonds. The van der Waals surface area contributed by atoms with E-state index in [4.69, 9.17) is 32.7 Å². The van der Waals surface area contributed by atoms with Gasteiger partial charge < -0.3 is 14.4 Å². The van der Waals surface area contributed by atoms with E-state index in [1.54, 1.807) is 18.3 Å². The van der Waals surface area contributed by atoms with Gasteiger partial charge in [-0.3, -0.25) is 4.79 Å². The molecule has 2 aromatic rings. The molecule has 0 bridgehead atoms. The zero-order valence-electron chi connectivity index (χ0n) is 16.0. The molecule has 29 heavy (non-hydrogen) atoms. The fourth-order valence-electron chi connectivity index (χ4n) is 4.35. The Labute approximate surface area is 179 Å². The first-order chi connectivity index (χ1) is 14.1. The largest absolute Gasteiger partial charge is 0.350 e. The third-order valence-corrected chi connectivity index (χ3v) is 6.45. The number of ether oxygens (including phenoxy) is 2. The number of carbonyl (C=O) groups is 1. The highest BCUT2D eigenvalue weighted by Crippen LogP contribution is 2.43. The van der Waals surface area contributed by atoms with E-state index in [2.05, 4.69) is 5.10 Å². The maximum atomic E-state index is 13.4. The molecule has 2 aliphatic heterocycles. The number of piperidine rings is 1. The lowest BCUT2D eigenvalue weighted by molar-refractivity contribution is -0.0969.